The van der Waals surface area contributed by atoms with E-state index in [-0.39, 0.29) is 14.5 Å². The van der Waals surface area contributed by atoms with Crippen LogP contribution in [0.15, 0.2) is 164 Å². The Balaban J connectivity index is 1.16. The van der Waals surface area contributed by atoms with E-state index in [0.717, 1.165) is 0 Å². The predicted molar refractivity (Wildman–Crippen MR) is 231 cm³/mol. The molecule has 0 radical (unpaired) electrons. The standard InChI is InChI=1S/C52H38Se/c1-3-16-33(17-4-1)48-37-20-7-9-22-39(37)50(40-23-10-8-21-38(40)48)35-30-31-36-45-28-15-29-46(52(45)53-47(36)32-35)51-43-26-13-11-24-41(43)49(34-18-5-2-6-19-34)42-25-12-14-27-44(42)51/h1,3-4,7-17,20-32,34H,2,5-6,18-19H2. The number of hydrogen-bond donors (Lipinski definition) is 0. The van der Waals surface area contributed by atoms with E-state index >= 15 is 0 Å². The van der Waals surface area contributed by atoms with Crippen LogP contribution in [-0.2, 0) is 0 Å². The molecule has 53 heavy (non-hydrogen) atoms. The van der Waals surface area contributed by atoms with Crippen LogP contribution in [0.5, 0.6) is 0 Å². The molecule has 252 valence electrons. The average molecular weight is 742 g/mol. The van der Waals surface area contributed by atoms with E-state index in [9.17, 15) is 0 Å². The summed E-state index contributed by atoms with van der Waals surface area (Å²) in [6.07, 6.45) is 6.65. The molecule has 9 aromatic carbocycles. The summed E-state index contributed by atoms with van der Waals surface area (Å²) in [7, 11) is 0. The van der Waals surface area contributed by atoms with Gasteiger partial charge in [-0.1, -0.05) is 0 Å². The Morgan fingerprint density at radius 1 is 0.358 bits per heavy atom. The summed E-state index contributed by atoms with van der Waals surface area (Å²) < 4.78 is 2.99. The Morgan fingerprint density at radius 2 is 0.849 bits per heavy atom. The van der Waals surface area contributed by atoms with E-state index in [4.69, 9.17) is 0 Å². The van der Waals surface area contributed by atoms with Gasteiger partial charge >= 0.3 is 318 Å². The zero-order valence-corrected chi connectivity index (χ0v) is 31.3. The first-order valence-electron chi connectivity index (χ1n) is 19.2. The monoisotopic (exact) mass is 742 g/mol. The van der Waals surface area contributed by atoms with Gasteiger partial charge in [-0.15, -0.1) is 0 Å². The first kappa shape index (κ1) is 31.1. The van der Waals surface area contributed by atoms with Crippen LogP contribution in [0.25, 0.3) is 95.8 Å². The first-order chi connectivity index (χ1) is 26.3. The van der Waals surface area contributed by atoms with E-state index < -0.39 is 0 Å². The van der Waals surface area contributed by atoms with Crippen LogP contribution in [0, 0.1) is 0 Å². The SMILES string of the molecule is c1ccc(-c2c3ccccc3c(-c3ccc4c(c3)[se]c3c(-c5c6ccccc6c(C6CCCCC6)c6ccccc56)cccc34)c3ccccc23)cc1. The molecular formula is C52H38Se. The van der Waals surface area contributed by atoms with Gasteiger partial charge in [0.05, 0.1) is 0 Å². The Bertz CT molecular complexity index is 2920. The van der Waals surface area contributed by atoms with E-state index in [1.54, 1.807) is 5.56 Å². The molecule has 0 N–H and O–H groups in total. The second-order valence-electron chi connectivity index (χ2n) is 14.9. The molecule has 0 amide bonds. The van der Waals surface area contributed by atoms with Crippen LogP contribution in [0.3, 0.4) is 0 Å². The van der Waals surface area contributed by atoms with E-state index in [0.29, 0.717) is 5.92 Å². The molecule has 1 heterocycles. The molecule has 1 saturated carbocycles. The topological polar surface area (TPSA) is 0 Å². The van der Waals surface area contributed by atoms with Gasteiger partial charge in [-0.05, 0) is 0 Å². The molecule has 1 aliphatic carbocycles. The van der Waals surface area contributed by atoms with Crippen LogP contribution in [0.4, 0.5) is 0 Å². The Labute approximate surface area is 316 Å². The third-order valence-electron chi connectivity index (χ3n) is 12.0. The Hall–Kier alpha value is -5.46. The third kappa shape index (κ3) is 4.88. The van der Waals surface area contributed by atoms with Crippen molar-refractivity contribution in [3.05, 3.63) is 169 Å². The maximum absolute atomic E-state index is 2.53. The Kier molecular flexibility index (Phi) is 7.39. The summed E-state index contributed by atoms with van der Waals surface area (Å²) in [5.41, 5.74) is 9.63. The van der Waals surface area contributed by atoms with Crippen molar-refractivity contribution in [1.29, 1.82) is 0 Å². The number of hydrogen-bond acceptors (Lipinski definition) is 0. The maximum atomic E-state index is 2.53. The van der Waals surface area contributed by atoms with E-state index in [1.165, 1.54) is 128 Å². The van der Waals surface area contributed by atoms with Gasteiger partial charge in [0, 0.05) is 0 Å². The quantitative estimate of drug-likeness (QED) is 0.124. The number of benzene rings is 9. The van der Waals surface area contributed by atoms with E-state index in [2.05, 4.69) is 164 Å². The molecule has 1 fully saturated rings. The molecular weight excluding hydrogens is 704 g/mol. The van der Waals surface area contributed by atoms with Gasteiger partial charge in [0.1, 0.15) is 0 Å². The normalized spacial score (nSPS) is 14.0. The second-order valence-corrected chi connectivity index (χ2v) is 17.1. The van der Waals surface area contributed by atoms with Crippen LogP contribution in [-0.4, -0.2) is 14.5 Å². The number of fused-ring (bicyclic) bond motifs is 7. The average Bonchev–Trinajstić information content (AvgIpc) is 3.61. The fraction of sp³-hybridized carbons (Fsp3) is 0.115. The van der Waals surface area contributed by atoms with Crippen molar-refractivity contribution in [2.75, 3.05) is 0 Å². The molecule has 11 rings (SSSR count). The molecule has 1 aliphatic rings. The molecule has 0 aliphatic heterocycles. The van der Waals surface area contributed by atoms with Gasteiger partial charge in [-0.2, -0.15) is 0 Å². The van der Waals surface area contributed by atoms with Gasteiger partial charge in [0.15, 0.2) is 0 Å². The molecule has 0 unspecified atom stereocenters. The van der Waals surface area contributed by atoms with Crippen molar-refractivity contribution in [3.8, 4) is 33.4 Å². The van der Waals surface area contributed by atoms with Gasteiger partial charge in [-0.3, -0.25) is 0 Å². The van der Waals surface area contributed by atoms with Crippen molar-refractivity contribution in [3.63, 3.8) is 0 Å². The number of rotatable bonds is 4. The zero-order chi connectivity index (χ0) is 34.9. The van der Waals surface area contributed by atoms with Gasteiger partial charge in [-0.25, -0.2) is 0 Å². The molecule has 1 aromatic heterocycles. The molecule has 10 aromatic rings. The summed E-state index contributed by atoms with van der Waals surface area (Å²) in [6.45, 7) is 0. The van der Waals surface area contributed by atoms with Crippen molar-refractivity contribution in [2.24, 2.45) is 0 Å². The van der Waals surface area contributed by atoms with Gasteiger partial charge in [0.2, 0.25) is 0 Å². The molecule has 0 spiro atoms. The van der Waals surface area contributed by atoms with Crippen molar-refractivity contribution < 1.29 is 0 Å². The van der Waals surface area contributed by atoms with Crippen molar-refractivity contribution in [2.45, 2.75) is 38.0 Å². The minimum absolute atomic E-state index is 0.164. The predicted octanol–water partition coefficient (Wildman–Crippen LogP) is 14.7. The first-order valence-corrected chi connectivity index (χ1v) is 20.9. The van der Waals surface area contributed by atoms with Crippen molar-refractivity contribution >= 4 is 76.9 Å². The summed E-state index contributed by atoms with van der Waals surface area (Å²) in [6, 6.07) is 61.9. The summed E-state index contributed by atoms with van der Waals surface area (Å²) in [5, 5.41) is 13.7. The van der Waals surface area contributed by atoms with E-state index in [1.807, 2.05) is 0 Å². The second kappa shape index (κ2) is 12.6. The molecule has 0 nitrogen and oxygen atoms in total. The summed E-state index contributed by atoms with van der Waals surface area (Å²) >= 11 is 0.164. The van der Waals surface area contributed by atoms with Crippen LogP contribution < -0.4 is 0 Å². The van der Waals surface area contributed by atoms with Crippen LogP contribution in [0.1, 0.15) is 43.6 Å². The van der Waals surface area contributed by atoms with Crippen LogP contribution in [0.2, 0.25) is 0 Å². The fourth-order valence-corrected chi connectivity index (χ4v) is 12.4. The molecule has 1 heteroatoms. The summed E-state index contributed by atoms with van der Waals surface area (Å²) in [4.78, 5) is 0. The molecule has 0 saturated heterocycles. The van der Waals surface area contributed by atoms with Gasteiger partial charge in [0.25, 0.3) is 0 Å². The molecule has 0 bridgehead atoms. The summed E-state index contributed by atoms with van der Waals surface area (Å²) in [5.74, 6) is 0.634. The van der Waals surface area contributed by atoms with Gasteiger partial charge < -0.3 is 0 Å². The minimum atomic E-state index is 0.164. The fourth-order valence-electron chi connectivity index (χ4n) is 9.79. The third-order valence-corrected chi connectivity index (χ3v) is 14.6. The molecule has 0 atom stereocenters. The van der Waals surface area contributed by atoms with Crippen molar-refractivity contribution in [1.82, 2.24) is 0 Å². The zero-order valence-electron chi connectivity index (χ0n) is 29.6. The van der Waals surface area contributed by atoms with Crippen LogP contribution >= 0.6 is 0 Å². The Morgan fingerprint density at radius 3 is 1.43 bits per heavy atom.